The van der Waals surface area contributed by atoms with Crippen LogP contribution in [0.1, 0.15) is 10.4 Å². The van der Waals surface area contributed by atoms with Gasteiger partial charge in [-0.1, -0.05) is 0 Å². The van der Waals surface area contributed by atoms with Gasteiger partial charge in [-0.3, -0.25) is 0 Å². The number of phenols is 1. The van der Waals surface area contributed by atoms with Crippen molar-refractivity contribution in [3.05, 3.63) is 23.8 Å². The first-order chi connectivity index (χ1) is 5.11. The zero-order valence-corrected chi connectivity index (χ0v) is 6.11. The molecule has 6 N–H and O–H groups in total. The largest absolute Gasteiger partial charge is 0.506 e. The summed E-state index contributed by atoms with van der Waals surface area (Å²) in [6, 6.07) is 3.74. The number of nitrogen functional groups attached to an aromatic ring is 1. The smallest absolute Gasteiger partial charge is 0.335 e. The summed E-state index contributed by atoms with van der Waals surface area (Å²) in [5.74, 6) is -1.16. The van der Waals surface area contributed by atoms with Gasteiger partial charge in [0.15, 0.2) is 0 Å². The molecule has 5 heteroatoms. The average molecular weight is 171 g/mol. The van der Waals surface area contributed by atoms with Crippen LogP contribution in [0.15, 0.2) is 18.2 Å². The molecule has 0 atom stereocenters. The summed E-state index contributed by atoms with van der Waals surface area (Å²) in [6.45, 7) is 0. The molecular weight excluding hydrogens is 162 g/mol. The van der Waals surface area contributed by atoms with Gasteiger partial charge in [0.25, 0.3) is 0 Å². The minimum absolute atomic E-state index is 0. The van der Waals surface area contributed by atoms with Crippen molar-refractivity contribution < 1.29 is 20.5 Å². The standard InChI is InChI=1S/C7H7NO3.H2O/c8-5-3-4(7(10)11)1-2-6(5)9;/h1-3,9H,8H2,(H,10,11);1H2. The number of nitrogens with two attached hydrogens (primary N) is 1. The fourth-order valence-electron chi connectivity index (χ4n) is 0.688. The molecule has 12 heavy (non-hydrogen) atoms. The van der Waals surface area contributed by atoms with Gasteiger partial charge in [-0.15, -0.1) is 0 Å². The van der Waals surface area contributed by atoms with Crippen molar-refractivity contribution in [3.8, 4) is 5.75 Å². The molecular formula is C7H9NO4. The first-order valence-corrected chi connectivity index (χ1v) is 2.93. The van der Waals surface area contributed by atoms with E-state index < -0.39 is 5.97 Å². The summed E-state index contributed by atoms with van der Waals surface area (Å²) in [6.07, 6.45) is 0. The van der Waals surface area contributed by atoms with E-state index >= 15 is 0 Å². The van der Waals surface area contributed by atoms with E-state index in [-0.39, 0.29) is 22.5 Å². The maximum atomic E-state index is 10.3. The van der Waals surface area contributed by atoms with Gasteiger partial charge in [0.2, 0.25) is 0 Å². The van der Waals surface area contributed by atoms with Crippen LogP contribution in [0.5, 0.6) is 5.75 Å². The fourth-order valence-corrected chi connectivity index (χ4v) is 0.688. The van der Waals surface area contributed by atoms with Crippen LogP contribution in [0, 0.1) is 0 Å². The van der Waals surface area contributed by atoms with E-state index in [0.29, 0.717) is 0 Å². The van der Waals surface area contributed by atoms with Crippen LogP contribution >= 0.6 is 0 Å². The number of hydrogen-bond acceptors (Lipinski definition) is 3. The molecule has 0 spiro atoms. The molecule has 1 aromatic rings. The maximum Gasteiger partial charge on any atom is 0.335 e. The van der Waals surface area contributed by atoms with Crippen LogP contribution in [0.3, 0.4) is 0 Å². The number of rotatable bonds is 1. The molecule has 0 radical (unpaired) electrons. The van der Waals surface area contributed by atoms with Gasteiger partial charge < -0.3 is 21.4 Å². The van der Waals surface area contributed by atoms with Crippen LogP contribution in [-0.2, 0) is 0 Å². The molecule has 0 aliphatic rings. The summed E-state index contributed by atoms with van der Waals surface area (Å²) >= 11 is 0. The Morgan fingerprint density at radius 1 is 1.42 bits per heavy atom. The van der Waals surface area contributed by atoms with E-state index in [9.17, 15) is 4.79 Å². The molecule has 0 aromatic heterocycles. The molecule has 1 aromatic carbocycles. The number of phenolic OH excluding ortho intramolecular Hbond substituents is 1. The van der Waals surface area contributed by atoms with Crippen LogP contribution in [0.2, 0.25) is 0 Å². The monoisotopic (exact) mass is 171 g/mol. The molecule has 0 amide bonds. The lowest BCUT2D eigenvalue weighted by atomic mass is 10.2. The number of aromatic hydroxyl groups is 1. The van der Waals surface area contributed by atoms with Gasteiger partial charge in [-0.05, 0) is 18.2 Å². The third-order valence-corrected chi connectivity index (χ3v) is 1.27. The van der Waals surface area contributed by atoms with E-state index in [1.54, 1.807) is 0 Å². The first-order valence-electron chi connectivity index (χ1n) is 2.93. The number of hydrogen-bond donors (Lipinski definition) is 3. The minimum atomic E-state index is -1.06. The van der Waals surface area contributed by atoms with Crippen molar-refractivity contribution in [2.24, 2.45) is 0 Å². The van der Waals surface area contributed by atoms with Crippen LogP contribution in [-0.4, -0.2) is 21.7 Å². The average Bonchev–Trinajstić information content (AvgIpc) is 1.94. The van der Waals surface area contributed by atoms with Crippen molar-refractivity contribution in [2.75, 3.05) is 5.73 Å². The zero-order chi connectivity index (χ0) is 8.43. The molecule has 1 rings (SSSR count). The Morgan fingerprint density at radius 2 is 2.00 bits per heavy atom. The molecule has 0 saturated heterocycles. The summed E-state index contributed by atoms with van der Waals surface area (Å²) in [5.41, 5.74) is 5.39. The molecule has 0 unspecified atom stereocenters. The van der Waals surface area contributed by atoms with Gasteiger partial charge in [-0.25, -0.2) is 4.79 Å². The van der Waals surface area contributed by atoms with E-state index in [2.05, 4.69) is 0 Å². The Morgan fingerprint density at radius 3 is 2.42 bits per heavy atom. The lowest BCUT2D eigenvalue weighted by molar-refractivity contribution is 0.0697. The van der Waals surface area contributed by atoms with Gasteiger partial charge in [0, 0.05) is 0 Å². The Bertz CT molecular complexity index is 297. The Hall–Kier alpha value is -1.75. The topological polar surface area (TPSA) is 115 Å². The highest BCUT2D eigenvalue weighted by Crippen LogP contribution is 2.19. The predicted octanol–water partition coefficient (Wildman–Crippen LogP) is -0.152. The van der Waals surface area contributed by atoms with Crippen molar-refractivity contribution in [2.45, 2.75) is 0 Å². The molecule has 0 saturated carbocycles. The van der Waals surface area contributed by atoms with Crippen LogP contribution in [0.4, 0.5) is 5.69 Å². The van der Waals surface area contributed by atoms with E-state index in [1.165, 1.54) is 18.2 Å². The number of anilines is 1. The summed E-state index contributed by atoms with van der Waals surface area (Å²) in [4.78, 5) is 10.3. The summed E-state index contributed by atoms with van der Waals surface area (Å²) in [7, 11) is 0. The predicted molar refractivity (Wildman–Crippen MR) is 43.1 cm³/mol. The Balaban J connectivity index is 0.00000121. The number of aromatic carboxylic acids is 1. The highest BCUT2D eigenvalue weighted by atomic mass is 16.4. The number of carbonyl (C=O) groups is 1. The third kappa shape index (κ3) is 1.86. The third-order valence-electron chi connectivity index (χ3n) is 1.27. The lowest BCUT2D eigenvalue weighted by Gasteiger charge is -1.98. The quantitative estimate of drug-likeness (QED) is 0.402. The molecule has 66 valence electrons. The number of benzene rings is 1. The van der Waals surface area contributed by atoms with Gasteiger partial charge in [0.1, 0.15) is 5.75 Å². The van der Waals surface area contributed by atoms with Crippen molar-refractivity contribution in [3.63, 3.8) is 0 Å². The summed E-state index contributed by atoms with van der Waals surface area (Å²) in [5, 5.41) is 17.4. The van der Waals surface area contributed by atoms with Crippen LogP contribution in [0.25, 0.3) is 0 Å². The second-order valence-electron chi connectivity index (χ2n) is 2.08. The van der Waals surface area contributed by atoms with Crippen molar-refractivity contribution in [1.82, 2.24) is 0 Å². The lowest BCUT2D eigenvalue weighted by Crippen LogP contribution is -1.97. The Labute approximate surface area is 68.4 Å². The molecule has 0 aliphatic heterocycles. The van der Waals surface area contributed by atoms with Crippen LogP contribution < -0.4 is 5.73 Å². The highest BCUT2D eigenvalue weighted by Gasteiger charge is 2.04. The molecule has 5 nitrogen and oxygen atoms in total. The highest BCUT2D eigenvalue weighted by molar-refractivity contribution is 5.89. The van der Waals surface area contributed by atoms with E-state index in [0.717, 1.165) is 0 Å². The SMILES string of the molecule is Nc1cc(C(=O)O)ccc1O.O. The number of carboxylic acid groups (broad SMARTS) is 1. The molecule has 0 bridgehead atoms. The van der Waals surface area contributed by atoms with Gasteiger partial charge in [-0.2, -0.15) is 0 Å². The van der Waals surface area contributed by atoms with Gasteiger partial charge in [0.05, 0.1) is 11.3 Å². The summed E-state index contributed by atoms with van der Waals surface area (Å²) < 4.78 is 0. The van der Waals surface area contributed by atoms with Crippen molar-refractivity contribution >= 4 is 11.7 Å². The zero-order valence-electron chi connectivity index (χ0n) is 6.11. The fraction of sp³-hybridized carbons (Fsp3) is 0. The maximum absolute atomic E-state index is 10.3. The molecule has 0 aliphatic carbocycles. The van der Waals surface area contributed by atoms with Gasteiger partial charge >= 0.3 is 5.97 Å². The second kappa shape index (κ2) is 3.59. The van der Waals surface area contributed by atoms with Crippen molar-refractivity contribution in [1.29, 1.82) is 0 Å². The Kier molecular flexibility index (Phi) is 3.06. The normalized spacial score (nSPS) is 8.67. The first kappa shape index (κ1) is 10.2. The molecule has 0 fully saturated rings. The second-order valence-corrected chi connectivity index (χ2v) is 2.08. The number of carboxylic acids is 1. The minimum Gasteiger partial charge on any atom is -0.506 e. The molecule has 0 heterocycles. The van der Waals surface area contributed by atoms with E-state index in [1.807, 2.05) is 0 Å². The van der Waals surface area contributed by atoms with E-state index in [4.69, 9.17) is 15.9 Å².